The van der Waals surface area contributed by atoms with Gasteiger partial charge in [0.25, 0.3) is 0 Å². The minimum absolute atomic E-state index is 0. The molecule has 0 aliphatic carbocycles. The van der Waals surface area contributed by atoms with Gasteiger partial charge in [-0.05, 0) is 32.1 Å². The van der Waals surface area contributed by atoms with Crippen molar-refractivity contribution in [2.75, 3.05) is 24.7 Å². The molecule has 0 radical (unpaired) electrons. The molecule has 2 rings (SSSR count). The van der Waals surface area contributed by atoms with E-state index >= 15 is 0 Å². The molecule has 2 aliphatic rings. The van der Waals surface area contributed by atoms with Crippen LogP contribution in [0.15, 0.2) is 0 Å². The van der Waals surface area contributed by atoms with E-state index in [4.69, 9.17) is 5.73 Å². The van der Waals surface area contributed by atoms with E-state index < -0.39 is 0 Å². The SMILES string of the molecule is CCCC(=O)N1CSCC1C(=O)N1CCCC(C(C)N)C1.Cl. The van der Waals surface area contributed by atoms with Gasteiger partial charge in [-0.15, -0.1) is 24.2 Å². The summed E-state index contributed by atoms with van der Waals surface area (Å²) in [5.41, 5.74) is 5.99. The monoisotopic (exact) mass is 349 g/mol. The highest BCUT2D eigenvalue weighted by atomic mass is 35.5. The zero-order valence-corrected chi connectivity index (χ0v) is 15.1. The third-order valence-corrected chi connectivity index (χ3v) is 5.48. The summed E-state index contributed by atoms with van der Waals surface area (Å²) in [6.45, 7) is 5.56. The van der Waals surface area contributed by atoms with Crippen molar-refractivity contribution < 1.29 is 9.59 Å². The second-order valence-corrected chi connectivity index (χ2v) is 7.17. The molecule has 0 bridgehead atoms. The fourth-order valence-electron chi connectivity index (χ4n) is 3.10. The summed E-state index contributed by atoms with van der Waals surface area (Å²) in [6, 6.07) is -0.141. The number of nitrogens with two attached hydrogens (primary N) is 1. The lowest BCUT2D eigenvalue weighted by molar-refractivity contribution is -0.144. The van der Waals surface area contributed by atoms with Crippen LogP contribution in [0.4, 0.5) is 0 Å². The molecule has 5 nitrogen and oxygen atoms in total. The first kappa shape index (κ1) is 19.6. The highest BCUT2D eigenvalue weighted by Gasteiger charge is 2.38. The first-order chi connectivity index (χ1) is 10.0. The predicted molar refractivity (Wildman–Crippen MR) is 93.1 cm³/mol. The van der Waals surface area contributed by atoms with Crippen LogP contribution in [-0.2, 0) is 9.59 Å². The predicted octanol–water partition coefficient (Wildman–Crippen LogP) is 1.70. The number of amides is 2. The van der Waals surface area contributed by atoms with E-state index in [0.717, 1.165) is 38.1 Å². The van der Waals surface area contributed by atoms with Crippen LogP contribution in [0.25, 0.3) is 0 Å². The molecule has 2 fully saturated rings. The van der Waals surface area contributed by atoms with E-state index in [-0.39, 0.29) is 36.3 Å². The Hall–Kier alpha value is -0.460. The van der Waals surface area contributed by atoms with Crippen molar-refractivity contribution in [2.45, 2.75) is 51.6 Å². The lowest BCUT2D eigenvalue weighted by Gasteiger charge is -2.37. The summed E-state index contributed by atoms with van der Waals surface area (Å²) in [4.78, 5) is 28.6. The Balaban J connectivity index is 0.00000242. The van der Waals surface area contributed by atoms with E-state index in [1.165, 1.54) is 0 Å². The van der Waals surface area contributed by atoms with E-state index in [1.54, 1.807) is 16.7 Å². The summed E-state index contributed by atoms with van der Waals surface area (Å²) in [5.74, 6) is 2.00. The topological polar surface area (TPSA) is 66.6 Å². The normalized spacial score (nSPS) is 26.5. The molecule has 0 aromatic heterocycles. The summed E-state index contributed by atoms with van der Waals surface area (Å²) >= 11 is 1.68. The lowest BCUT2D eigenvalue weighted by Crippen LogP contribution is -2.53. The average Bonchev–Trinajstić information content (AvgIpc) is 2.96. The summed E-state index contributed by atoms with van der Waals surface area (Å²) in [5, 5.41) is 0. The number of carbonyl (C=O) groups excluding carboxylic acids is 2. The molecule has 2 amide bonds. The van der Waals surface area contributed by atoms with Crippen LogP contribution < -0.4 is 5.73 Å². The van der Waals surface area contributed by atoms with Crippen LogP contribution in [0, 0.1) is 5.92 Å². The molecule has 22 heavy (non-hydrogen) atoms. The highest BCUT2D eigenvalue weighted by Crippen LogP contribution is 2.26. The van der Waals surface area contributed by atoms with Crippen LogP contribution in [0.2, 0.25) is 0 Å². The number of halogens is 1. The van der Waals surface area contributed by atoms with Gasteiger partial charge >= 0.3 is 0 Å². The Labute approximate surface area is 143 Å². The van der Waals surface area contributed by atoms with Crippen LogP contribution in [-0.4, -0.2) is 58.4 Å². The van der Waals surface area contributed by atoms with Gasteiger partial charge in [-0.2, -0.15) is 0 Å². The molecule has 2 aliphatic heterocycles. The van der Waals surface area contributed by atoms with Crippen molar-refractivity contribution in [3.8, 4) is 0 Å². The second kappa shape index (κ2) is 8.99. The summed E-state index contributed by atoms with van der Waals surface area (Å²) < 4.78 is 0. The Kier molecular flexibility index (Phi) is 8.00. The summed E-state index contributed by atoms with van der Waals surface area (Å²) in [6.07, 6.45) is 3.48. The average molecular weight is 350 g/mol. The van der Waals surface area contributed by atoms with E-state index in [9.17, 15) is 9.59 Å². The van der Waals surface area contributed by atoms with E-state index in [2.05, 4.69) is 0 Å². The lowest BCUT2D eigenvalue weighted by atomic mass is 9.92. The molecule has 128 valence electrons. The summed E-state index contributed by atoms with van der Waals surface area (Å²) in [7, 11) is 0. The Morgan fingerprint density at radius 1 is 1.41 bits per heavy atom. The van der Waals surface area contributed by atoms with Gasteiger partial charge in [0.2, 0.25) is 11.8 Å². The van der Waals surface area contributed by atoms with Crippen LogP contribution >= 0.6 is 24.2 Å². The largest absolute Gasteiger partial charge is 0.341 e. The van der Waals surface area contributed by atoms with Gasteiger partial charge in [-0.25, -0.2) is 0 Å². The maximum atomic E-state index is 12.8. The van der Waals surface area contributed by atoms with Crippen LogP contribution in [0.5, 0.6) is 0 Å². The fourth-order valence-corrected chi connectivity index (χ4v) is 4.27. The molecule has 0 spiro atoms. The molecular weight excluding hydrogens is 322 g/mol. The molecule has 2 N–H and O–H groups in total. The van der Waals surface area contributed by atoms with Crippen LogP contribution in [0.3, 0.4) is 0 Å². The fraction of sp³-hybridized carbons (Fsp3) is 0.867. The Bertz CT molecular complexity index is 395. The minimum Gasteiger partial charge on any atom is -0.341 e. The Morgan fingerprint density at radius 2 is 2.14 bits per heavy atom. The molecule has 3 atom stereocenters. The smallest absolute Gasteiger partial charge is 0.246 e. The zero-order chi connectivity index (χ0) is 15.4. The van der Waals surface area contributed by atoms with Crippen molar-refractivity contribution in [1.29, 1.82) is 0 Å². The maximum absolute atomic E-state index is 12.8. The number of hydrogen-bond acceptors (Lipinski definition) is 4. The van der Waals surface area contributed by atoms with Crippen molar-refractivity contribution in [2.24, 2.45) is 11.7 Å². The number of rotatable bonds is 4. The molecule has 2 saturated heterocycles. The van der Waals surface area contributed by atoms with Crippen molar-refractivity contribution in [3.05, 3.63) is 0 Å². The number of hydrogen-bond donors (Lipinski definition) is 1. The number of carbonyl (C=O) groups is 2. The number of likely N-dealkylation sites (tertiary alicyclic amines) is 1. The minimum atomic E-state index is -0.263. The van der Waals surface area contributed by atoms with Gasteiger partial charge in [-0.1, -0.05) is 6.92 Å². The van der Waals surface area contributed by atoms with Gasteiger partial charge < -0.3 is 15.5 Å². The molecule has 7 heteroatoms. The quantitative estimate of drug-likeness (QED) is 0.838. The van der Waals surface area contributed by atoms with Gasteiger partial charge in [0.1, 0.15) is 6.04 Å². The Morgan fingerprint density at radius 3 is 2.77 bits per heavy atom. The molecule has 3 unspecified atom stereocenters. The molecule has 0 aromatic carbocycles. The number of nitrogens with zero attached hydrogens (tertiary/aromatic N) is 2. The van der Waals surface area contributed by atoms with Gasteiger partial charge in [0, 0.05) is 31.3 Å². The third kappa shape index (κ3) is 4.52. The van der Waals surface area contributed by atoms with Crippen molar-refractivity contribution in [1.82, 2.24) is 9.80 Å². The molecular formula is C15H28ClN3O2S. The first-order valence-electron chi connectivity index (χ1n) is 7.96. The maximum Gasteiger partial charge on any atom is 0.246 e. The van der Waals surface area contributed by atoms with Gasteiger partial charge in [-0.3, -0.25) is 9.59 Å². The zero-order valence-electron chi connectivity index (χ0n) is 13.5. The first-order valence-corrected chi connectivity index (χ1v) is 9.11. The van der Waals surface area contributed by atoms with E-state index in [1.807, 2.05) is 18.7 Å². The second-order valence-electron chi connectivity index (χ2n) is 6.17. The third-order valence-electron chi connectivity index (χ3n) is 4.46. The van der Waals surface area contributed by atoms with E-state index in [0.29, 0.717) is 18.2 Å². The van der Waals surface area contributed by atoms with Crippen molar-refractivity contribution in [3.63, 3.8) is 0 Å². The van der Waals surface area contributed by atoms with Crippen molar-refractivity contribution >= 4 is 36.0 Å². The van der Waals surface area contributed by atoms with Gasteiger partial charge in [0.05, 0.1) is 5.88 Å². The molecule has 0 saturated carbocycles. The van der Waals surface area contributed by atoms with Gasteiger partial charge in [0.15, 0.2) is 0 Å². The highest BCUT2D eigenvalue weighted by molar-refractivity contribution is 7.99. The number of piperidine rings is 1. The molecule has 0 aromatic rings. The molecule has 2 heterocycles. The standard InChI is InChI=1S/C15H27N3O2S.ClH/c1-3-5-14(19)18-10-21-9-13(18)15(20)17-7-4-6-12(8-17)11(2)16;/h11-13H,3-10,16H2,1-2H3;1H. The number of thioether (sulfide) groups is 1. The van der Waals surface area contributed by atoms with Crippen LogP contribution in [0.1, 0.15) is 39.5 Å².